The fraction of sp³-hybridized carbons (Fsp3) is 0.281. The van der Waals surface area contributed by atoms with Crippen LogP contribution in [0.1, 0.15) is 59.2 Å². The van der Waals surface area contributed by atoms with Crippen molar-refractivity contribution in [3.8, 4) is 11.4 Å². The lowest BCUT2D eigenvalue weighted by Gasteiger charge is -2.29. The van der Waals surface area contributed by atoms with E-state index < -0.39 is 0 Å². The smallest absolute Gasteiger partial charge is 0.224 e. The number of hydrogen-bond donors (Lipinski definition) is 2. The number of carbonyl (C=O) groups is 1. The summed E-state index contributed by atoms with van der Waals surface area (Å²) < 4.78 is 8.03. The van der Waals surface area contributed by atoms with Crippen LogP contribution in [-0.4, -0.2) is 27.7 Å². The summed E-state index contributed by atoms with van der Waals surface area (Å²) in [6, 6.07) is 20.0. The first-order valence-corrected chi connectivity index (χ1v) is 13.9. The molecule has 5 rings (SSSR count). The molecule has 40 heavy (non-hydrogen) atoms. The Bertz CT molecular complexity index is 1560. The Balaban J connectivity index is 1.67. The monoisotopic (exact) mass is 553 g/mol. The topological polar surface area (TPSA) is 71.4 Å². The average molecular weight is 554 g/mol. The highest BCUT2D eigenvalue weighted by Gasteiger charge is 2.42. The number of para-hydroxylation sites is 1. The zero-order valence-corrected chi connectivity index (χ0v) is 24.6. The summed E-state index contributed by atoms with van der Waals surface area (Å²) in [6.07, 6.45) is 2.20. The van der Waals surface area contributed by atoms with E-state index in [9.17, 15) is 4.79 Å². The molecule has 1 fully saturated rings. The van der Waals surface area contributed by atoms with Crippen LogP contribution in [0.2, 0.25) is 0 Å². The molecule has 2 aromatic carbocycles. The number of ether oxygens (including phenoxy) is 1. The summed E-state index contributed by atoms with van der Waals surface area (Å²) >= 11 is 5.97. The first-order valence-electron chi connectivity index (χ1n) is 13.5. The molecule has 0 unspecified atom stereocenters. The van der Waals surface area contributed by atoms with E-state index in [1.165, 1.54) is 16.8 Å². The molecule has 0 aliphatic carbocycles. The zero-order valence-electron chi connectivity index (χ0n) is 23.8. The van der Waals surface area contributed by atoms with Crippen LogP contribution in [0.4, 0.5) is 11.4 Å². The van der Waals surface area contributed by atoms with Crippen LogP contribution in [0, 0.1) is 27.7 Å². The van der Waals surface area contributed by atoms with Crippen LogP contribution in [0.5, 0.6) is 5.75 Å². The van der Waals surface area contributed by atoms with Crippen molar-refractivity contribution in [3.63, 3.8) is 0 Å². The first kappa shape index (κ1) is 27.4. The Hall–Kier alpha value is -4.17. The normalized spacial score (nSPS) is 16.6. The molecule has 0 bridgehead atoms. The molecule has 0 saturated carbocycles. The van der Waals surface area contributed by atoms with Gasteiger partial charge in [0.2, 0.25) is 5.91 Å². The van der Waals surface area contributed by atoms with Crippen LogP contribution in [0.15, 0.2) is 66.9 Å². The lowest BCUT2D eigenvalue weighted by atomic mass is 9.96. The number of methoxy groups -OCH3 is 1. The highest BCUT2D eigenvalue weighted by Crippen LogP contribution is 2.45. The lowest BCUT2D eigenvalue weighted by molar-refractivity contribution is -0.115. The number of hydrogen-bond acceptors (Lipinski definition) is 4. The third kappa shape index (κ3) is 4.84. The van der Waals surface area contributed by atoms with Gasteiger partial charge in [-0.3, -0.25) is 9.78 Å². The van der Waals surface area contributed by atoms with E-state index in [1.54, 1.807) is 7.11 Å². The lowest BCUT2D eigenvalue weighted by Crippen LogP contribution is -2.29. The van der Waals surface area contributed by atoms with E-state index in [0.717, 1.165) is 28.3 Å². The van der Waals surface area contributed by atoms with Crippen molar-refractivity contribution in [2.75, 3.05) is 17.3 Å². The van der Waals surface area contributed by atoms with Crippen molar-refractivity contribution in [1.82, 2.24) is 14.9 Å². The van der Waals surface area contributed by atoms with Gasteiger partial charge in [0.15, 0.2) is 5.11 Å². The Morgan fingerprint density at radius 1 is 1.05 bits per heavy atom. The van der Waals surface area contributed by atoms with Crippen LogP contribution in [0.25, 0.3) is 5.69 Å². The second-order valence-electron chi connectivity index (χ2n) is 10.2. The fourth-order valence-corrected chi connectivity index (χ4v) is 6.06. The van der Waals surface area contributed by atoms with Crippen molar-refractivity contribution >= 4 is 34.6 Å². The zero-order chi connectivity index (χ0) is 28.6. The van der Waals surface area contributed by atoms with Crippen LogP contribution in [0.3, 0.4) is 0 Å². The molecule has 4 aromatic rings. The second kappa shape index (κ2) is 11.1. The molecule has 1 amide bonds. The number of nitrogens with one attached hydrogen (secondary N) is 2. The van der Waals surface area contributed by atoms with Crippen molar-refractivity contribution in [1.29, 1.82) is 0 Å². The molecule has 2 aromatic heterocycles. The molecule has 1 aliphatic rings. The summed E-state index contributed by atoms with van der Waals surface area (Å²) in [6.45, 7) is 10.5. The minimum absolute atomic E-state index is 0.0727. The molecule has 206 valence electrons. The number of aryl methyl sites for hydroxylation is 3. The molecule has 3 heterocycles. The van der Waals surface area contributed by atoms with Gasteiger partial charge in [-0.05, 0) is 86.9 Å². The van der Waals surface area contributed by atoms with Gasteiger partial charge in [0.05, 0.1) is 36.3 Å². The SMILES string of the molecule is CCC(=O)Nc1ccc(N2C(=S)N[C@H](c3ccccn3)[C@H]2c2cc(C)n(-c3c(C)cccc3C)c2C)cc1OC. The van der Waals surface area contributed by atoms with E-state index in [1.807, 2.05) is 49.5 Å². The summed E-state index contributed by atoms with van der Waals surface area (Å²) in [5.41, 5.74) is 9.51. The van der Waals surface area contributed by atoms with Crippen LogP contribution in [-0.2, 0) is 4.79 Å². The Kier molecular flexibility index (Phi) is 7.63. The molecule has 7 nitrogen and oxygen atoms in total. The van der Waals surface area contributed by atoms with Gasteiger partial charge in [0.1, 0.15) is 5.75 Å². The number of pyridine rings is 1. The number of benzene rings is 2. The molecular formula is C32H35N5O2S. The fourth-order valence-electron chi connectivity index (χ4n) is 5.71. The third-order valence-corrected chi connectivity index (χ3v) is 7.92. The highest BCUT2D eigenvalue weighted by atomic mass is 32.1. The summed E-state index contributed by atoms with van der Waals surface area (Å²) in [4.78, 5) is 18.9. The summed E-state index contributed by atoms with van der Waals surface area (Å²) in [7, 11) is 1.60. The second-order valence-corrected chi connectivity index (χ2v) is 10.6. The number of carbonyl (C=O) groups excluding carboxylic acids is 1. The molecule has 2 atom stereocenters. The maximum Gasteiger partial charge on any atom is 0.224 e. The molecule has 8 heteroatoms. The number of amides is 1. The summed E-state index contributed by atoms with van der Waals surface area (Å²) in [5, 5.41) is 7.08. The van der Waals surface area contributed by atoms with Crippen LogP contribution < -0.4 is 20.3 Å². The molecule has 1 saturated heterocycles. The number of anilines is 2. The maximum atomic E-state index is 12.1. The van der Waals surface area contributed by atoms with Crippen molar-refractivity contribution < 1.29 is 9.53 Å². The van der Waals surface area contributed by atoms with E-state index in [-0.39, 0.29) is 18.0 Å². The standard InChI is InChI=1S/C32H35N5O2S/c1-7-28(38)34-25-15-14-23(18-27(25)39-6)37-31(29(35-32(37)40)26-13-8-9-16-33-26)24-17-21(4)36(22(24)5)30-19(2)11-10-12-20(30)3/h8-18,29,31H,7H2,1-6H3,(H,34,38)(H,35,40)/t29-,31-/m1/s1. The van der Waals surface area contributed by atoms with E-state index in [4.69, 9.17) is 21.9 Å². The molecule has 0 spiro atoms. The van der Waals surface area contributed by atoms with Gasteiger partial charge in [-0.15, -0.1) is 0 Å². The molecular weight excluding hydrogens is 518 g/mol. The Morgan fingerprint density at radius 2 is 1.80 bits per heavy atom. The Labute approximate surface area is 241 Å². The molecule has 1 aliphatic heterocycles. The van der Waals surface area contributed by atoms with E-state index >= 15 is 0 Å². The largest absolute Gasteiger partial charge is 0.494 e. The number of rotatable bonds is 7. The quantitative estimate of drug-likeness (QED) is 0.250. The van der Waals surface area contributed by atoms with Gasteiger partial charge in [0.25, 0.3) is 0 Å². The summed E-state index contributed by atoms with van der Waals surface area (Å²) in [5.74, 6) is 0.500. The minimum atomic E-state index is -0.175. The van der Waals surface area contributed by atoms with Crippen LogP contribution >= 0.6 is 12.2 Å². The van der Waals surface area contributed by atoms with Gasteiger partial charge in [-0.1, -0.05) is 31.2 Å². The maximum absolute atomic E-state index is 12.1. The molecule has 2 N–H and O–H groups in total. The van der Waals surface area contributed by atoms with Gasteiger partial charge >= 0.3 is 0 Å². The van der Waals surface area contributed by atoms with E-state index in [2.05, 4.69) is 72.1 Å². The van der Waals surface area contributed by atoms with E-state index in [0.29, 0.717) is 23.0 Å². The Morgan fingerprint density at radius 3 is 2.45 bits per heavy atom. The minimum Gasteiger partial charge on any atom is -0.494 e. The van der Waals surface area contributed by atoms with Gasteiger partial charge < -0.3 is 24.8 Å². The molecule has 0 radical (unpaired) electrons. The predicted octanol–water partition coefficient (Wildman–Crippen LogP) is 6.64. The number of nitrogens with zero attached hydrogens (tertiary/aromatic N) is 3. The van der Waals surface area contributed by atoms with Crippen molar-refractivity contribution in [2.24, 2.45) is 0 Å². The number of aromatic nitrogens is 2. The highest BCUT2D eigenvalue weighted by molar-refractivity contribution is 7.80. The first-order chi connectivity index (χ1) is 19.2. The average Bonchev–Trinajstić information content (AvgIpc) is 3.44. The van der Waals surface area contributed by atoms with Gasteiger partial charge in [0, 0.05) is 35.8 Å². The third-order valence-electron chi connectivity index (χ3n) is 7.61. The van der Waals surface area contributed by atoms with Crippen molar-refractivity contribution in [3.05, 3.63) is 101 Å². The van der Waals surface area contributed by atoms with Crippen molar-refractivity contribution in [2.45, 2.75) is 53.1 Å². The predicted molar refractivity (Wildman–Crippen MR) is 165 cm³/mol. The number of thiocarbonyl (C=S) groups is 1. The van der Waals surface area contributed by atoms with Gasteiger partial charge in [-0.25, -0.2) is 0 Å². The van der Waals surface area contributed by atoms with Gasteiger partial charge in [-0.2, -0.15) is 0 Å².